The summed E-state index contributed by atoms with van der Waals surface area (Å²) in [6, 6.07) is 12.0. The summed E-state index contributed by atoms with van der Waals surface area (Å²) in [5.41, 5.74) is -0.169. The first-order chi connectivity index (χ1) is 17.0. The van der Waals surface area contributed by atoms with Gasteiger partial charge in [0.25, 0.3) is 0 Å². The van der Waals surface area contributed by atoms with Crippen molar-refractivity contribution in [2.24, 2.45) is 0 Å². The van der Waals surface area contributed by atoms with Crippen LogP contribution in [0.3, 0.4) is 0 Å². The van der Waals surface area contributed by atoms with Gasteiger partial charge >= 0.3 is 17.9 Å². The third kappa shape index (κ3) is 5.42. The van der Waals surface area contributed by atoms with E-state index in [1.807, 2.05) is 0 Å². The number of nitro groups is 2. The van der Waals surface area contributed by atoms with Gasteiger partial charge in [0.1, 0.15) is 16.5 Å². The molecular weight excluding hydrogens is 495 g/mol. The van der Waals surface area contributed by atoms with Crippen molar-refractivity contribution in [3.63, 3.8) is 0 Å². The van der Waals surface area contributed by atoms with Crippen LogP contribution in [-0.4, -0.2) is 67.9 Å². The van der Waals surface area contributed by atoms with E-state index in [1.165, 1.54) is 48.5 Å². The fraction of sp³-hybridized carbons (Fsp3) is 0.429. The monoisotopic (exact) mass is 517 g/mol. The van der Waals surface area contributed by atoms with E-state index in [0.717, 1.165) is 13.1 Å². The third-order valence-electron chi connectivity index (χ3n) is 5.04. The number of anilines is 1. The van der Waals surface area contributed by atoms with Crippen LogP contribution in [0.25, 0.3) is 0 Å². The van der Waals surface area contributed by atoms with Crippen LogP contribution in [-0.2, 0) is 14.2 Å². The van der Waals surface area contributed by atoms with Gasteiger partial charge in [0, 0.05) is 12.7 Å². The summed E-state index contributed by atoms with van der Waals surface area (Å²) in [5, 5.41) is 23.3. The van der Waals surface area contributed by atoms with E-state index in [0.29, 0.717) is 0 Å². The molecule has 2 aromatic carbocycles. The van der Waals surface area contributed by atoms with Crippen LogP contribution in [0.1, 0.15) is 0 Å². The van der Waals surface area contributed by atoms with Crippen molar-refractivity contribution in [3.05, 3.63) is 74.8 Å². The topological polar surface area (TPSA) is 136 Å². The molecular formula is C21H22F3N3O9. The zero-order valence-corrected chi connectivity index (χ0v) is 18.9. The summed E-state index contributed by atoms with van der Waals surface area (Å²) in [6.45, 7) is -2.37. The Morgan fingerprint density at radius 1 is 0.833 bits per heavy atom. The molecule has 0 spiro atoms. The van der Waals surface area contributed by atoms with E-state index < -0.39 is 46.7 Å². The Morgan fingerprint density at radius 2 is 1.39 bits per heavy atom. The number of hydrogen-bond acceptors (Lipinski definition) is 10. The molecule has 196 valence electrons. The van der Waals surface area contributed by atoms with Crippen LogP contribution >= 0.6 is 0 Å². The Morgan fingerprint density at radius 3 is 2.03 bits per heavy atom. The van der Waals surface area contributed by atoms with Gasteiger partial charge in [-0.25, -0.2) is 0 Å². The van der Waals surface area contributed by atoms with Crippen molar-refractivity contribution in [2.75, 3.05) is 45.0 Å². The zero-order valence-electron chi connectivity index (χ0n) is 18.9. The summed E-state index contributed by atoms with van der Waals surface area (Å²) in [6.07, 6.45) is -5.33. The summed E-state index contributed by atoms with van der Waals surface area (Å²) in [4.78, 5) is 20.1. The highest BCUT2D eigenvalue weighted by atomic mass is 19.3. The van der Waals surface area contributed by atoms with E-state index in [9.17, 15) is 20.2 Å². The maximum atomic E-state index is 16.5. The van der Waals surface area contributed by atoms with E-state index in [-0.39, 0.29) is 36.2 Å². The van der Waals surface area contributed by atoms with E-state index in [2.05, 4.69) is 4.74 Å². The second-order valence-corrected chi connectivity index (χ2v) is 7.39. The van der Waals surface area contributed by atoms with Crippen LogP contribution in [0.15, 0.2) is 54.6 Å². The molecule has 0 N–H and O–H groups in total. The number of likely N-dealkylation sites (N-methyl/N-ethyl adjacent to an activating group) is 1. The van der Waals surface area contributed by atoms with Crippen molar-refractivity contribution >= 4 is 5.69 Å². The standard InChI is InChI=1S/C21H22F3N3O9/c1-25(16-7-3-2-4-8-16)21(24)20(22,23)36-19(26(28)29,27(30)31)15-33-12-11-32-13-14-34-17-9-5-6-10-18(17)35-21/h2-10H,11-15H2,1H3. The number of ether oxygens (including phenoxy) is 5. The zero-order chi connectivity index (χ0) is 26.4. The van der Waals surface area contributed by atoms with Gasteiger partial charge in [0.2, 0.25) is 6.61 Å². The minimum absolute atomic E-state index is 0.0370. The molecule has 1 atom stereocenters. The molecule has 15 heteroatoms. The fourth-order valence-electron chi connectivity index (χ4n) is 3.12. The van der Waals surface area contributed by atoms with Crippen molar-refractivity contribution in [3.8, 4) is 11.5 Å². The highest BCUT2D eigenvalue weighted by Gasteiger charge is 2.74. The SMILES string of the molecule is CN(c1ccccc1)C1(F)Oc2ccccc2OCCOCCOCC([N+](=O)[O-])([N+](=O)[O-])OC1(F)F. The van der Waals surface area contributed by atoms with Crippen LogP contribution in [0, 0.1) is 20.2 Å². The number of fused-ring (bicyclic) bond motifs is 1. The van der Waals surface area contributed by atoms with Crippen LogP contribution < -0.4 is 14.4 Å². The number of para-hydroxylation sites is 3. The molecule has 2 aromatic rings. The highest BCUT2D eigenvalue weighted by molar-refractivity contribution is 5.48. The Kier molecular flexibility index (Phi) is 8.17. The van der Waals surface area contributed by atoms with Crippen molar-refractivity contribution in [2.45, 2.75) is 17.9 Å². The van der Waals surface area contributed by atoms with E-state index in [4.69, 9.17) is 18.9 Å². The Bertz CT molecular complexity index is 1050. The predicted molar refractivity (Wildman–Crippen MR) is 116 cm³/mol. The van der Waals surface area contributed by atoms with E-state index in [1.54, 1.807) is 0 Å². The summed E-state index contributed by atoms with van der Waals surface area (Å²) >= 11 is 0. The average molecular weight is 517 g/mol. The minimum atomic E-state index is -5.33. The molecule has 12 nitrogen and oxygen atoms in total. The van der Waals surface area contributed by atoms with Crippen LogP contribution in [0.5, 0.6) is 11.5 Å². The second-order valence-electron chi connectivity index (χ2n) is 7.39. The highest BCUT2D eigenvalue weighted by Crippen LogP contribution is 2.44. The quantitative estimate of drug-likeness (QED) is 0.258. The average Bonchev–Trinajstić information content (AvgIpc) is 2.85. The normalized spacial score (nSPS) is 22.4. The third-order valence-corrected chi connectivity index (χ3v) is 5.04. The van der Waals surface area contributed by atoms with Gasteiger partial charge in [-0.05, 0) is 24.3 Å². The van der Waals surface area contributed by atoms with Crippen LogP contribution in [0.4, 0.5) is 18.9 Å². The molecule has 1 aliphatic rings. The van der Waals surface area contributed by atoms with Gasteiger partial charge in [-0.1, -0.05) is 30.3 Å². The van der Waals surface area contributed by atoms with E-state index >= 15 is 13.2 Å². The van der Waals surface area contributed by atoms with Crippen LogP contribution in [0.2, 0.25) is 0 Å². The lowest BCUT2D eigenvalue weighted by atomic mass is 10.2. The maximum absolute atomic E-state index is 16.5. The molecule has 0 aliphatic carbocycles. The molecule has 1 heterocycles. The first kappa shape index (κ1) is 26.9. The first-order valence-electron chi connectivity index (χ1n) is 10.4. The molecule has 0 saturated carbocycles. The van der Waals surface area contributed by atoms with Gasteiger partial charge in [-0.3, -0.25) is 20.2 Å². The van der Waals surface area contributed by atoms with Crippen molar-refractivity contribution in [1.82, 2.24) is 0 Å². The smallest absolute Gasteiger partial charge is 0.487 e. The molecule has 1 aliphatic heterocycles. The molecule has 1 unspecified atom stereocenters. The Hall–Kier alpha value is -3.69. The molecule has 36 heavy (non-hydrogen) atoms. The molecule has 0 saturated heterocycles. The number of halogens is 3. The van der Waals surface area contributed by atoms with Crippen molar-refractivity contribution in [1.29, 1.82) is 0 Å². The molecule has 0 radical (unpaired) electrons. The molecule has 0 aromatic heterocycles. The largest absolute Gasteiger partial charge is 0.606 e. The number of rotatable bonds is 4. The summed E-state index contributed by atoms with van der Waals surface area (Å²) in [7, 11) is 0.856. The van der Waals surface area contributed by atoms with Gasteiger partial charge in [0.15, 0.2) is 11.5 Å². The summed E-state index contributed by atoms with van der Waals surface area (Å²) < 4.78 is 72.5. The lowest BCUT2D eigenvalue weighted by molar-refractivity contribution is -0.865. The lowest BCUT2D eigenvalue weighted by Gasteiger charge is -2.40. The van der Waals surface area contributed by atoms with Crippen molar-refractivity contribution < 1.29 is 46.7 Å². The Labute approximate surface area is 202 Å². The number of benzene rings is 2. The maximum Gasteiger partial charge on any atom is 0.606 e. The molecule has 0 amide bonds. The minimum Gasteiger partial charge on any atom is -0.487 e. The molecule has 0 bridgehead atoms. The fourth-order valence-corrected chi connectivity index (χ4v) is 3.12. The van der Waals surface area contributed by atoms with Gasteiger partial charge in [0.05, 0.1) is 19.8 Å². The first-order valence-corrected chi connectivity index (χ1v) is 10.4. The summed E-state index contributed by atoms with van der Waals surface area (Å²) in [5.74, 6) is -9.15. The predicted octanol–water partition coefficient (Wildman–Crippen LogP) is 3.07. The van der Waals surface area contributed by atoms with Gasteiger partial charge in [-0.2, -0.15) is 17.9 Å². The van der Waals surface area contributed by atoms with Gasteiger partial charge < -0.3 is 23.8 Å². The number of nitrogens with zero attached hydrogens (tertiary/aromatic N) is 3. The lowest BCUT2D eigenvalue weighted by Crippen LogP contribution is -2.67. The molecule has 3 rings (SSSR count). The number of alkyl halides is 3. The number of hydrogen-bond donors (Lipinski definition) is 0. The molecule has 0 fully saturated rings. The Balaban J connectivity index is 2.17. The van der Waals surface area contributed by atoms with Gasteiger partial charge in [-0.15, -0.1) is 0 Å². The second kappa shape index (κ2) is 10.9.